The molecule has 0 unspecified atom stereocenters. The Labute approximate surface area is 125 Å². The number of hydrogen-bond acceptors (Lipinski definition) is 4. The second kappa shape index (κ2) is 5.02. The minimum absolute atomic E-state index is 0.0439. The highest BCUT2D eigenvalue weighted by Crippen LogP contribution is 2.23. The Morgan fingerprint density at radius 3 is 2.52 bits per heavy atom. The van der Waals surface area contributed by atoms with Gasteiger partial charge in [0.1, 0.15) is 11.8 Å². The molecule has 0 bridgehead atoms. The molecule has 0 radical (unpaired) electrons. The summed E-state index contributed by atoms with van der Waals surface area (Å²) >= 11 is 5.81. The molecule has 0 aliphatic carbocycles. The van der Waals surface area contributed by atoms with Gasteiger partial charge in [-0.25, -0.2) is 8.42 Å². The molecule has 1 heterocycles. The zero-order valence-electron chi connectivity index (χ0n) is 10.6. The fourth-order valence-electron chi connectivity index (χ4n) is 2.01. The van der Waals surface area contributed by atoms with Crippen molar-refractivity contribution in [3.05, 3.63) is 70.0 Å². The SMILES string of the molecule is O=c1c(S(=O)(=O)c2cccc(Cl)c2)coc2ccccc12. The molecule has 0 atom stereocenters. The van der Waals surface area contributed by atoms with Crippen LogP contribution in [0.1, 0.15) is 0 Å². The van der Waals surface area contributed by atoms with E-state index >= 15 is 0 Å². The van der Waals surface area contributed by atoms with E-state index in [2.05, 4.69) is 0 Å². The normalized spacial score (nSPS) is 11.7. The Hall–Kier alpha value is -2.11. The number of rotatable bonds is 2. The smallest absolute Gasteiger partial charge is 0.213 e. The molecule has 0 aliphatic heterocycles. The van der Waals surface area contributed by atoms with Gasteiger partial charge in [-0.3, -0.25) is 4.79 Å². The summed E-state index contributed by atoms with van der Waals surface area (Å²) in [7, 11) is -3.97. The van der Waals surface area contributed by atoms with Crippen LogP contribution in [0.2, 0.25) is 5.02 Å². The van der Waals surface area contributed by atoms with Crippen molar-refractivity contribution in [2.75, 3.05) is 0 Å². The van der Waals surface area contributed by atoms with Gasteiger partial charge in [0.15, 0.2) is 4.90 Å². The van der Waals surface area contributed by atoms with Gasteiger partial charge in [0.25, 0.3) is 0 Å². The lowest BCUT2D eigenvalue weighted by molar-refractivity contribution is 0.566. The summed E-state index contributed by atoms with van der Waals surface area (Å²) in [6.07, 6.45) is 0.973. The molecule has 0 N–H and O–H groups in total. The van der Waals surface area contributed by atoms with E-state index in [4.69, 9.17) is 16.0 Å². The standard InChI is InChI=1S/C15H9ClO4S/c16-10-4-3-5-11(8-10)21(18,19)14-9-20-13-7-2-1-6-12(13)15(14)17/h1-9H. The van der Waals surface area contributed by atoms with Crippen molar-refractivity contribution in [3.63, 3.8) is 0 Å². The van der Waals surface area contributed by atoms with Crippen LogP contribution in [0.5, 0.6) is 0 Å². The molecule has 0 saturated heterocycles. The van der Waals surface area contributed by atoms with Crippen LogP contribution < -0.4 is 5.43 Å². The van der Waals surface area contributed by atoms with Crippen LogP contribution in [0.25, 0.3) is 11.0 Å². The van der Waals surface area contributed by atoms with E-state index in [1.165, 1.54) is 24.3 Å². The number of benzene rings is 2. The quantitative estimate of drug-likeness (QED) is 0.727. The maximum Gasteiger partial charge on any atom is 0.213 e. The van der Waals surface area contributed by atoms with Gasteiger partial charge in [-0.15, -0.1) is 0 Å². The highest BCUT2D eigenvalue weighted by molar-refractivity contribution is 7.91. The van der Waals surface area contributed by atoms with Crippen LogP contribution in [0.3, 0.4) is 0 Å². The van der Waals surface area contributed by atoms with Crippen molar-refractivity contribution in [3.8, 4) is 0 Å². The van der Waals surface area contributed by atoms with E-state index in [9.17, 15) is 13.2 Å². The summed E-state index contributed by atoms with van der Waals surface area (Å²) < 4.78 is 30.3. The minimum atomic E-state index is -3.97. The molecule has 3 aromatic rings. The van der Waals surface area contributed by atoms with Gasteiger partial charge in [-0.05, 0) is 30.3 Å². The lowest BCUT2D eigenvalue weighted by Crippen LogP contribution is -2.15. The Kier molecular flexibility index (Phi) is 3.31. The lowest BCUT2D eigenvalue weighted by atomic mass is 10.2. The van der Waals surface area contributed by atoms with Crippen LogP contribution in [0.15, 0.2) is 73.8 Å². The molecule has 0 saturated carbocycles. The number of hydrogen-bond donors (Lipinski definition) is 0. The molecule has 3 rings (SSSR count). The first kappa shape index (κ1) is 13.9. The van der Waals surface area contributed by atoms with E-state index in [0.29, 0.717) is 5.58 Å². The van der Waals surface area contributed by atoms with Crippen molar-refractivity contribution in [2.24, 2.45) is 0 Å². The van der Waals surface area contributed by atoms with E-state index in [-0.39, 0.29) is 15.3 Å². The monoisotopic (exact) mass is 320 g/mol. The van der Waals surface area contributed by atoms with Gasteiger partial charge in [-0.2, -0.15) is 0 Å². The molecule has 0 aliphatic rings. The van der Waals surface area contributed by atoms with Gasteiger partial charge >= 0.3 is 0 Å². The van der Waals surface area contributed by atoms with E-state index in [1.807, 2.05) is 0 Å². The van der Waals surface area contributed by atoms with Crippen molar-refractivity contribution >= 4 is 32.4 Å². The van der Waals surface area contributed by atoms with Crippen LogP contribution in [-0.2, 0) is 9.84 Å². The average molecular weight is 321 g/mol. The van der Waals surface area contributed by atoms with Gasteiger partial charge in [0.05, 0.1) is 10.3 Å². The second-order valence-corrected chi connectivity index (χ2v) is 6.74. The third-order valence-corrected chi connectivity index (χ3v) is 5.01. The maximum atomic E-state index is 12.5. The Morgan fingerprint density at radius 2 is 1.76 bits per heavy atom. The largest absolute Gasteiger partial charge is 0.463 e. The maximum absolute atomic E-state index is 12.5. The summed E-state index contributed by atoms with van der Waals surface area (Å²) in [4.78, 5) is 11.9. The van der Waals surface area contributed by atoms with Crippen LogP contribution in [-0.4, -0.2) is 8.42 Å². The first-order valence-electron chi connectivity index (χ1n) is 6.01. The van der Waals surface area contributed by atoms with Gasteiger partial charge in [0, 0.05) is 5.02 Å². The highest BCUT2D eigenvalue weighted by Gasteiger charge is 2.23. The van der Waals surface area contributed by atoms with E-state index in [0.717, 1.165) is 6.26 Å². The Balaban J connectivity index is 2.30. The number of para-hydroxylation sites is 1. The predicted octanol–water partition coefficient (Wildman–Crippen LogP) is 3.28. The average Bonchev–Trinajstić information content (AvgIpc) is 2.47. The molecule has 106 valence electrons. The van der Waals surface area contributed by atoms with Crippen molar-refractivity contribution < 1.29 is 12.8 Å². The molecular weight excluding hydrogens is 312 g/mol. The topological polar surface area (TPSA) is 64.3 Å². The summed E-state index contributed by atoms with van der Waals surface area (Å²) in [5.41, 5.74) is -0.246. The van der Waals surface area contributed by atoms with E-state index < -0.39 is 20.2 Å². The molecule has 2 aromatic carbocycles. The summed E-state index contributed by atoms with van der Waals surface area (Å²) in [5, 5.41) is 0.502. The molecular formula is C15H9ClO4S. The minimum Gasteiger partial charge on any atom is -0.463 e. The third kappa shape index (κ3) is 2.34. The van der Waals surface area contributed by atoms with Gasteiger partial charge in [-0.1, -0.05) is 29.8 Å². The predicted molar refractivity (Wildman–Crippen MR) is 79.4 cm³/mol. The molecule has 6 heteroatoms. The van der Waals surface area contributed by atoms with Crippen LogP contribution in [0, 0.1) is 0 Å². The first-order valence-corrected chi connectivity index (χ1v) is 7.87. The number of fused-ring (bicyclic) bond motifs is 1. The van der Waals surface area contributed by atoms with Gasteiger partial charge in [0.2, 0.25) is 15.3 Å². The lowest BCUT2D eigenvalue weighted by Gasteiger charge is -2.05. The Bertz CT molecular complexity index is 990. The van der Waals surface area contributed by atoms with Crippen molar-refractivity contribution in [1.29, 1.82) is 0 Å². The van der Waals surface area contributed by atoms with Crippen molar-refractivity contribution in [2.45, 2.75) is 9.79 Å². The first-order chi connectivity index (χ1) is 10.00. The zero-order chi connectivity index (χ0) is 15.0. The fraction of sp³-hybridized carbons (Fsp3) is 0. The van der Waals surface area contributed by atoms with Crippen LogP contribution in [0.4, 0.5) is 0 Å². The van der Waals surface area contributed by atoms with Crippen LogP contribution >= 0.6 is 11.6 Å². The number of sulfone groups is 1. The summed E-state index contributed by atoms with van der Waals surface area (Å²) in [5.74, 6) is 0. The molecule has 4 nitrogen and oxygen atoms in total. The Morgan fingerprint density at radius 1 is 1.00 bits per heavy atom. The van der Waals surface area contributed by atoms with Crippen molar-refractivity contribution in [1.82, 2.24) is 0 Å². The third-order valence-electron chi connectivity index (χ3n) is 3.04. The summed E-state index contributed by atoms with van der Waals surface area (Å²) in [6, 6.07) is 12.2. The zero-order valence-corrected chi connectivity index (χ0v) is 12.2. The highest BCUT2D eigenvalue weighted by atomic mass is 35.5. The number of halogens is 1. The molecule has 0 spiro atoms. The molecule has 0 amide bonds. The van der Waals surface area contributed by atoms with Gasteiger partial charge < -0.3 is 4.42 Å². The molecule has 1 aromatic heterocycles. The van der Waals surface area contributed by atoms with E-state index in [1.54, 1.807) is 24.3 Å². The molecule has 0 fully saturated rings. The molecule has 21 heavy (non-hydrogen) atoms. The fourth-order valence-corrected chi connectivity index (χ4v) is 3.58. The second-order valence-electron chi connectivity index (χ2n) is 4.39. The summed E-state index contributed by atoms with van der Waals surface area (Å²) in [6.45, 7) is 0.